The summed E-state index contributed by atoms with van der Waals surface area (Å²) in [6.45, 7) is 7.53. The highest BCUT2D eigenvalue weighted by atomic mass is 16.5. The van der Waals surface area contributed by atoms with Crippen molar-refractivity contribution in [1.82, 2.24) is 4.98 Å². The molecule has 0 radical (unpaired) electrons. The Bertz CT molecular complexity index is 691. The monoisotopic (exact) mass is 327 g/mol. The number of amides is 1. The van der Waals surface area contributed by atoms with Crippen molar-refractivity contribution in [2.24, 2.45) is 0 Å². The van der Waals surface area contributed by atoms with E-state index in [4.69, 9.17) is 4.74 Å². The van der Waals surface area contributed by atoms with Crippen LogP contribution in [0.2, 0.25) is 0 Å². The Hall–Kier alpha value is -2.40. The molecular formula is C19H25N3O2. The SMILES string of the molecule is COCCCNc1cncc(C(=O)Nc2c(C)cc(C)cc2C)c1. The lowest BCUT2D eigenvalue weighted by Crippen LogP contribution is -2.15. The van der Waals surface area contributed by atoms with Gasteiger partial charge in [-0.25, -0.2) is 0 Å². The van der Waals surface area contributed by atoms with Crippen LogP contribution in [-0.2, 0) is 4.74 Å². The van der Waals surface area contributed by atoms with Crippen LogP contribution in [0.1, 0.15) is 33.5 Å². The van der Waals surface area contributed by atoms with Crippen LogP contribution in [0.25, 0.3) is 0 Å². The van der Waals surface area contributed by atoms with E-state index in [1.54, 1.807) is 19.5 Å². The molecule has 0 fully saturated rings. The number of benzene rings is 1. The summed E-state index contributed by atoms with van der Waals surface area (Å²) in [6.07, 6.45) is 4.19. The summed E-state index contributed by atoms with van der Waals surface area (Å²) in [5, 5.41) is 6.25. The van der Waals surface area contributed by atoms with Gasteiger partial charge in [-0.3, -0.25) is 9.78 Å². The zero-order valence-corrected chi connectivity index (χ0v) is 14.8. The van der Waals surface area contributed by atoms with Crippen LogP contribution in [-0.4, -0.2) is 31.2 Å². The van der Waals surface area contributed by atoms with Gasteiger partial charge in [0, 0.05) is 38.3 Å². The van der Waals surface area contributed by atoms with Crippen molar-refractivity contribution in [3.63, 3.8) is 0 Å². The minimum atomic E-state index is -0.155. The summed E-state index contributed by atoms with van der Waals surface area (Å²) in [5.74, 6) is -0.155. The molecule has 2 aromatic rings. The highest BCUT2D eigenvalue weighted by molar-refractivity contribution is 6.05. The Morgan fingerprint density at radius 2 is 1.83 bits per heavy atom. The fourth-order valence-corrected chi connectivity index (χ4v) is 2.67. The number of hydrogen-bond donors (Lipinski definition) is 2. The summed E-state index contributed by atoms with van der Waals surface area (Å²) >= 11 is 0. The third-order valence-electron chi connectivity index (χ3n) is 3.77. The molecule has 1 aromatic heterocycles. The van der Waals surface area contributed by atoms with Crippen molar-refractivity contribution in [1.29, 1.82) is 0 Å². The largest absolute Gasteiger partial charge is 0.385 e. The highest BCUT2D eigenvalue weighted by Crippen LogP contribution is 2.22. The lowest BCUT2D eigenvalue weighted by molar-refractivity contribution is 0.102. The molecule has 0 aliphatic rings. The fraction of sp³-hybridized carbons (Fsp3) is 0.368. The van der Waals surface area contributed by atoms with E-state index in [0.717, 1.165) is 35.5 Å². The number of anilines is 2. The first kappa shape index (κ1) is 17.9. The number of aromatic nitrogens is 1. The second-order valence-electron chi connectivity index (χ2n) is 5.96. The normalized spacial score (nSPS) is 10.5. The molecule has 0 atom stereocenters. The summed E-state index contributed by atoms with van der Waals surface area (Å²) in [7, 11) is 1.68. The van der Waals surface area contributed by atoms with Crippen molar-refractivity contribution in [3.8, 4) is 0 Å². The average Bonchev–Trinajstić information content (AvgIpc) is 2.55. The number of rotatable bonds is 7. The van der Waals surface area contributed by atoms with E-state index in [1.165, 1.54) is 5.56 Å². The second-order valence-corrected chi connectivity index (χ2v) is 5.96. The topological polar surface area (TPSA) is 63.2 Å². The molecule has 0 saturated heterocycles. The maximum atomic E-state index is 12.5. The smallest absolute Gasteiger partial charge is 0.257 e. The predicted molar refractivity (Wildman–Crippen MR) is 97.8 cm³/mol. The lowest BCUT2D eigenvalue weighted by Gasteiger charge is -2.13. The van der Waals surface area contributed by atoms with E-state index in [-0.39, 0.29) is 5.91 Å². The van der Waals surface area contributed by atoms with Crippen molar-refractivity contribution >= 4 is 17.3 Å². The number of nitrogens with one attached hydrogen (secondary N) is 2. The van der Waals surface area contributed by atoms with Gasteiger partial charge in [-0.2, -0.15) is 0 Å². The van der Waals surface area contributed by atoms with E-state index < -0.39 is 0 Å². The fourth-order valence-electron chi connectivity index (χ4n) is 2.67. The van der Waals surface area contributed by atoms with Crippen molar-refractivity contribution < 1.29 is 9.53 Å². The highest BCUT2D eigenvalue weighted by Gasteiger charge is 2.11. The zero-order valence-electron chi connectivity index (χ0n) is 14.8. The number of pyridine rings is 1. The quantitative estimate of drug-likeness (QED) is 0.761. The van der Waals surface area contributed by atoms with E-state index in [9.17, 15) is 4.79 Å². The molecular weight excluding hydrogens is 302 g/mol. The summed E-state index contributed by atoms with van der Waals surface area (Å²) in [5.41, 5.74) is 5.53. The van der Waals surface area contributed by atoms with E-state index >= 15 is 0 Å². The maximum absolute atomic E-state index is 12.5. The summed E-state index contributed by atoms with van der Waals surface area (Å²) < 4.78 is 5.02. The molecule has 24 heavy (non-hydrogen) atoms. The molecule has 0 unspecified atom stereocenters. The van der Waals surface area contributed by atoms with E-state index in [2.05, 4.69) is 27.8 Å². The van der Waals surface area contributed by atoms with E-state index in [0.29, 0.717) is 12.2 Å². The molecule has 0 bridgehead atoms. The summed E-state index contributed by atoms with van der Waals surface area (Å²) in [6, 6.07) is 5.94. The average molecular weight is 327 g/mol. The first-order chi connectivity index (χ1) is 11.5. The minimum absolute atomic E-state index is 0.155. The van der Waals surface area contributed by atoms with Gasteiger partial charge in [-0.05, 0) is 44.4 Å². The molecule has 0 aliphatic carbocycles. The number of aryl methyl sites for hydroxylation is 3. The van der Waals surface area contributed by atoms with Crippen LogP contribution < -0.4 is 10.6 Å². The standard InChI is InChI=1S/C19H25N3O2/c1-13-8-14(2)18(15(3)9-13)22-19(23)16-10-17(12-20-11-16)21-6-5-7-24-4/h8-12,21H,5-7H2,1-4H3,(H,22,23). The molecule has 2 rings (SSSR count). The number of methoxy groups -OCH3 is 1. The Balaban J connectivity index is 2.07. The molecule has 1 amide bonds. The first-order valence-corrected chi connectivity index (χ1v) is 8.08. The Morgan fingerprint density at radius 1 is 1.12 bits per heavy atom. The number of hydrogen-bond acceptors (Lipinski definition) is 4. The lowest BCUT2D eigenvalue weighted by atomic mass is 10.0. The number of carbonyl (C=O) groups excluding carboxylic acids is 1. The van der Waals surface area contributed by atoms with Crippen LogP contribution in [0, 0.1) is 20.8 Å². The summed E-state index contributed by atoms with van der Waals surface area (Å²) in [4.78, 5) is 16.7. The van der Waals surface area contributed by atoms with Gasteiger partial charge in [0.05, 0.1) is 11.3 Å². The molecule has 0 spiro atoms. The van der Waals surface area contributed by atoms with Gasteiger partial charge < -0.3 is 15.4 Å². The third-order valence-corrected chi connectivity index (χ3v) is 3.77. The predicted octanol–water partition coefficient (Wildman–Crippen LogP) is 3.71. The van der Waals surface area contributed by atoms with Gasteiger partial charge in [-0.1, -0.05) is 17.7 Å². The number of carbonyl (C=O) groups is 1. The van der Waals surface area contributed by atoms with Gasteiger partial charge in [-0.15, -0.1) is 0 Å². The molecule has 1 aromatic carbocycles. The molecule has 2 N–H and O–H groups in total. The number of nitrogens with zero attached hydrogens (tertiary/aromatic N) is 1. The Labute approximate surface area is 143 Å². The molecule has 1 heterocycles. The van der Waals surface area contributed by atoms with Crippen molar-refractivity contribution in [3.05, 3.63) is 52.8 Å². The Morgan fingerprint density at radius 3 is 2.50 bits per heavy atom. The van der Waals surface area contributed by atoms with Gasteiger partial charge >= 0.3 is 0 Å². The van der Waals surface area contributed by atoms with Gasteiger partial charge in [0.25, 0.3) is 5.91 Å². The van der Waals surface area contributed by atoms with Gasteiger partial charge in [0.1, 0.15) is 0 Å². The van der Waals surface area contributed by atoms with Crippen molar-refractivity contribution in [2.75, 3.05) is 30.9 Å². The van der Waals surface area contributed by atoms with Crippen molar-refractivity contribution in [2.45, 2.75) is 27.2 Å². The molecule has 5 heteroatoms. The van der Waals surface area contributed by atoms with Crippen LogP contribution in [0.3, 0.4) is 0 Å². The molecule has 0 aliphatic heterocycles. The number of ether oxygens (including phenoxy) is 1. The molecule has 5 nitrogen and oxygen atoms in total. The van der Waals surface area contributed by atoms with E-state index in [1.807, 2.05) is 26.8 Å². The molecule has 0 saturated carbocycles. The third kappa shape index (κ3) is 4.80. The minimum Gasteiger partial charge on any atom is -0.385 e. The van der Waals surface area contributed by atoms with Gasteiger partial charge in [0.2, 0.25) is 0 Å². The zero-order chi connectivity index (χ0) is 17.5. The van der Waals surface area contributed by atoms with Crippen LogP contribution >= 0.6 is 0 Å². The second kappa shape index (κ2) is 8.45. The van der Waals surface area contributed by atoms with Crippen LogP contribution in [0.15, 0.2) is 30.6 Å². The van der Waals surface area contributed by atoms with Crippen LogP contribution in [0.5, 0.6) is 0 Å². The Kier molecular flexibility index (Phi) is 6.32. The van der Waals surface area contributed by atoms with Crippen LogP contribution in [0.4, 0.5) is 11.4 Å². The molecule has 128 valence electrons. The maximum Gasteiger partial charge on any atom is 0.257 e. The van der Waals surface area contributed by atoms with Gasteiger partial charge in [0.15, 0.2) is 0 Å². The first-order valence-electron chi connectivity index (χ1n) is 8.08.